The molecule has 0 aromatic heterocycles. The van der Waals surface area contributed by atoms with Crippen molar-refractivity contribution in [1.82, 2.24) is 5.32 Å². The number of rotatable bonds is 5. The van der Waals surface area contributed by atoms with Gasteiger partial charge in [-0.25, -0.2) is 0 Å². The number of nitrogens with one attached hydrogen (secondary N) is 2. The van der Waals surface area contributed by atoms with Crippen molar-refractivity contribution >= 4 is 84.2 Å². The third-order valence-electron chi connectivity index (χ3n) is 5.38. The lowest BCUT2D eigenvalue weighted by Gasteiger charge is -2.12. The zero-order valence-electron chi connectivity index (χ0n) is 15.7. The van der Waals surface area contributed by atoms with Gasteiger partial charge in [-0.3, -0.25) is 9.59 Å². The minimum Gasteiger partial charge on any atom is -0.334 e. The number of anilines is 1. The minimum absolute atomic E-state index is 0.173. The highest BCUT2D eigenvalue weighted by Gasteiger charge is 2.67. The molecule has 2 saturated carbocycles. The number of carbonyl (C=O) groups excluding carboxylic acids is 2. The van der Waals surface area contributed by atoms with Crippen molar-refractivity contribution in [2.45, 2.75) is 28.6 Å². The van der Waals surface area contributed by atoms with E-state index in [1.54, 1.807) is 6.07 Å². The summed E-state index contributed by atoms with van der Waals surface area (Å²) in [7, 11) is 0. The Morgan fingerprint density at radius 2 is 1.74 bits per heavy atom. The first-order valence-corrected chi connectivity index (χ1v) is 12.0. The average molecular weight is 607 g/mol. The number of hydrogen-bond donors (Lipinski definition) is 2. The highest BCUT2D eigenvalue weighted by atomic mass is 79.9. The molecular formula is C21H14Br2Cl3N3O2. The Kier molecular flexibility index (Phi) is 6.08. The number of nitrogens with zero attached hydrogens (tertiary/aromatic N) is 1. The van der Waals surface area contributed by atoms with Crippen molar-refractivity contribution in [2.75, 3.05) is 5.32 Å². The first kappa shape index (κ1) is 22.9. The van der Waals surface area contributed by atoms with Gasteiger partial charge in [0.2, 0.25) is 5.91 Å². The number of alkyl halides is 2. The van der Waals surface area contributed by atoms with E-state index in [1.165, 1.54) is 12.1 Å². The molecule has 2 fully saturated rings. The number of benzene rings is 2. The zero-order valence-corrected chi connectivity index (χ0v) is 21.1. The summed E-state index contributed by atoms with van der Waals surface area (Å²) in [5, 5.41) is 14.9. The van der Waals surface area contributed by atoms with Gasteiger partial charge in [0.15, 0.2) is 0 Å². The van der Waals surface area contributed by atoms with E-state index in [0.717, 1.165) is 14.5 Å². The fourth-order valence-corrected chi connectivity index (χ4v) is 5.85. The van der Waals surface area contributed by atoms with Crippen LogP contribution in [0, 0.1) is 17.2 Å². The Bertz CT molecular complexity index is 1120. The monoisotopic (exact) mass is 603 g/mol. The molecule has 2 aromatic rings. The second-order valence-electron chi connectivity index (χ2n) is 7.66. The SMILES string of the molecule is N#CC1(NC(=O)c2cc(NC(=O)[C@H]3[C@H](c4cc(Br)cc(Br)c4)C3(Cl)Cl)ccc2Cl)CC1. The Morgan fingerprint density at radius 1 is 1.10 bits per heavy atom. The van der Waals surface area contributed by atoms with Crippen LogP contribution in [0.2, 0.25) is 5.02 Å². The number of amides is 2. The summed E-state index contributed by atoms with van der Waals surface area (Å²) >= 11 is 25.9. The molecule has 0 saturated heterocycles. The third kappa shape index (κ3) is 4.60. The van der Waals surface area contributed by atoms with Crippen LogP contribution in [0.1, 0.15) is 34.7 Å². The predicted octanol–water partition coefficient (Wildman–Crippen LogP) is 6.18. The Hall–Kier alpha value is -1.30. The van der Waals surface area contributed by atoms with Gasteiger partial charge in [0.25, 0.3) is 5.91 Å². The molecule has 2 amide bonds. The average Bonchev–Trinajstić information content (AvgIpc) is 3.57. The highest BCUT2D eigenvalue weighted by molar-refractivity contribution is 9.11. The van der Waals surface area contributed by atoms with Crippen LogP contribution in [-0.2, 0) is 4.79 Å². The molecule has 2 atom stereocenters. The van der Waals surface area contributed by atoms with Gasteiger partial charge in [-0.05, 0) is 54.8 Å². The largest absolute Gasteiger partial charge is 0.334 e. The number of nitriles is 1. The van der Waals surface area contributed by atoms with Gasteiger partial charge in [-0.1, -0.05) is 43.5 Å². The van der Waals surface area contributed by atoms with E-state index in [-0.39, 0.29) is 22.4 Å². The standard InChI is InChI=1S/C21H14Br2Cl3N3O2/c22-11-5-10(6-12(23)7-11)16-17(21(16,25)26)19(31)28-13-1-2-15(24)14(8-13)18(30)29-20(9-27)3-4-20/h1-2,5-8,16-17H,3-4H2,(H,28,31)(H,29,30)/t16-,17+/m0/s1. The van der Waals surface area contributed by atoms with E-state index in [1.807, 2.05) is 18.2 Å². The summed E-state index contributed by atoms with van der Waals surface area (Å²) in [6.07, 6.45) is 1.21. The van der Waals surface area contributed by atoms with Gasteiger partial charge in [0.05, 0.1) is 22.6 Å². The summed E-state index contributed by atoms with van der Waals surface area (Å²) in [4.78, 5) is 25.5. The van der Waals surface area contributed by atoms with Crippen LogP contribution >= 0.6 is 66.7 Å². The molecule has 0 radical (unpaired) electrons. The van der Waals surface area contributed by atoms with Crippen LogP contribution < -0.4 is 10.6 Å². The lowest BCUT2D eigenvalue weighted by Crippen LogP contribution is -2.35. The van der Waals surface area contributed by atoms with Crippen LogP contribution in [0.15, 0.2) is 45.3 Å². The lowest BCUT2D eigenvalue weighted by molar-refractivity contribution is -0.117. The van der Waals surface area contributed by atoms with E-state index in [9.17, 15) is 14.9 Å². The molecule has 0 unspecified atom stereocenters. The van der Waals surface area contributed by atoms with Gasteiger partial charge in [0, 0.05) is 20.6 Å². The maximum absolute atomic E-state index is 12.9. The molecule has 31 heavy (non-hydrogen) atoms. The molecule has 2 aliphatic carbocycles. The van der Waals surface area contributed by atoms with Gasteiger partial charge in [-0.15, -0.1) is 23.2 Å². The summed E-state index contributed by atoms with van der Waals surface area (Å²) in [5.74, 6) is -1.88. The summed E-state index contributed by atoms with van der Waals surface area (Å²) < 4.78 is 0.430. The van der Waals surface area contributed by atoms with Crippen molar-refractivity contribution in [3.05, 3.63) is 61.5 Å². The topological polar surface area (TPSA) is 82.0 Å². The van der Waals surface area contributed by atoms with Crippen molar-refractivity contribution < 1.29 is 9.59 Å². The van der Waals surface area contributed by atoms with Gasteiger partial charge in [0.1, 0.15) is 9.87 Å². The molecule has 4 rings (SSSR count). The highest BCUT2D eigenvalue weighted by Crippen LogP contribution is 2.65. The summed E-state index contributed by atoms with van der Waals surface area (Å²) in [6.45, 7) is 0. The Labute approximate surface area is 210 Å². The van der Waals surface area contributed by atoms with Crippen LogP contribution in [-0.4, -0.2) is 21.7 Å². The zero-order chi connectivity index (χ0) is 22.6. The molecule has 10 heteroatoms. The van der Waals surface area contributed by atoms with Crippen LogP contribution in [0.4, 0.5) is 5.69 Å². The van der Waals surface area contributed by atoms with Crippen LogP contribution in [0.5, 0.6) is 0 Å². The third-order valence-corrected chi connectivity index (χ3v) is 7.56. The van der Waals surface area contributed by atoms with Crippen molar-refractivity contribution in [3.8, 4) is 6.07 Å². The summed E-state index contributed by atoms with van der Waals surface area (Å²) in [5.41, 5.74) is 0.559. The lowest BCUT2D eigenvalue weighted by atomic mass is 10.1. The quantitative estimate of drug-likeness (QED) is 0.399. The van der Waals surface area contributed by atoms with Gasteiger partial charge >= 0.3 is 0 Å². The molecule has 5 nitrogen and oxygen atoms in total. The fraction of sp³-hybridized carbons (Fsp3) is 0.286. The molecular weight excluding hydrogens is 592 g/mol. The Balaban J connectivity index is 1.51. The van der Waals surface area contributed by atoms with Crippen LogP contribution in [0.25, 0.3) is 0 Å². The molecule has 0 heterocycles. The van der Waals surface area contributed by atoms with E-state index in [0.29, 0.717) is 18.5 Å². The number of halogens is 5. The van der Waals surface area contributed by atoms with E-state index in [4.69, 9.17) is 34.8 Å². The molecule has 0 aliphatic heterocycles. The van der Waals surface area contributed by atoms with E-state index < -0.39 is 21.7 Å². The van der Waals surface area contributed by atoms with E-state index >= 15 is 0 Å². The van der Waals surface area contributed by atoms with Crippen molar-refractivity contribution in [3.63, 3.8) is 0 Å². The maximum atomic E-state index is 12.9. The van der Waals surface area contributed by atoms with Gasteiger partial charge in [-0.2, -0.15) is 5.26 Å². The second kappa shape index (κ2) is 8.24. The minimum atomic E-state index is -1.25. The molecule has 2 aromatic carbocycles. The molecule has 0 spiro atoms. The van der Waals surface area contributed by atoms with Crippen molar-refractivity contribution in [1.29, 1.82) is 5.26 Å². The Morgan fingerprint density at radius 3 is 2.32 bits per heavy atom. The molecule has 0 bridgehead atoms. The van der Waals surface area contributed by atoms with Crippen molar-refractivity contribution in [2.24, 2.45) is 5.92 Å². The first-order valence-electron chi connectivity index (χ1n) is 9.24. The van der Waals surface area contributed by atoms with E-state index in [2.05, 4.69) is 48.6 Å². The number of hydrogen-bond acceptors (Lipinski definition) is 3. The fourth-order valence-electron chi connectivity index (χ4n) is 3.49. The first-order chi connectivity index (χ1) is 14.6. The smallest absolute Gasteiger partial charge is 0.254 e. The summed E-state index contributed by atoms with van der Waals surface area (Å²) in [6, 6.07) is 12.3. The van der Waals surface area contributed by atoms with Gasteiger partial charge < -0.3 is 10.6 Å². The van der Waals surface area contributed by atoms with Crippen LogP contribution in [0.3, 0.4) is 0 Å². The number of carbonyl (C=O) groups is 2. The molecule has 160 valence electrons. The molecule has 2 N–H and O–H groups in total. The predicted molar refractivity (Wildman–Crippen MR) is 128 cm³/mol. The maximum Gasteiger partial charge on any atom is 0.254 e. The normalized spacial score (nSPS) is 22.2. The second-order valence-corrected chi connectivity index (χ2v) is 11.3. The molecule has 2 aliphatic rings.